The van der Waals surface area contributed by atoms with Gasteiger partial charge in [-0.1, -0.05) is 6.08 Å². The molecule has 0 aliphatic carbocycles. The zero-order chi connectivity index (χ0) is 28.9. The van der Waals surface area contributed by atoms with Crippen LogP contribution < -0.4 is 5.32 Å². The number of nitriles is 1. The normalized spacial score (nSPS) is 15.2. The minimum Gasteiger partial charge on any atom is -0.444 e. The van der Waals surface area contributed by atoms with Gasteiger partial charge < -0.3 is 15.0 Å². The number of nitrogens with one attached hydrogen (secondary N) is 1. The summed E-state index contributed by atoms with van der Waals surface area (Å²) < 4.78 is 8.81. The number of allylic oxidation sites excluding steroid dienone is 3. The predicted molar refractivity (Wildman–Crippen MR) is 156 cm³/mol. The lowest BCUT2D eigenvalue weighted by Gasteiger charge is -2.35. The third kappa shape index (κ3) is 6.95. The molecule has 11 nitrogen and oxygen atoms in total. The Labute approximate surface area is 235 Å². The molecule has 210 valence electrons. The molecule has 0 radical (unpaired) electrons. The molecule has 0 saturated carbocycles. The number of hydrogen-bond acceptors (Lipinski definition) is 8. The number of hydrogen-bond donors (Lipinski definition) is 1. The first-order valence-corrected chi connectivity index (χ1v) is 13.3. The number of amides is 1. The van der Waals surface area contributed by atoms with Gasteiger partial charge in [0, 0.05) is 75.4 Å². The maximum Gasteiger partial charge on any atom is 0.407 e. The van der Waals surface area contributed by atoms with Gasteiger partial charge in [-0.25, -0.2) is 14.3 Å². The molecule has 1 N–H and O–H groups in total. The van der Waals surface area contributed by atoms with E-state index in [4.69, 9.17) is 4.74 Å². The lowest BCUT2D eigenvalue weighted by Crippen LogP contribution is -2.48. The van der Waals surface area contributed by atoms with Gasteiger partial charge in [0.15, 0.2) is 0 Å². The lowest BCUT2D eigenvalue weighted by atomic mass is 10.0. The van der Waals surface area contributed by atoms with Crippen molar-refractivity contribution >= 4 is 23.9 Å². The molecule has 0 bridgehead atoms. The number of nitrogens with zero attached hydrogens (tertiary/aromatic N) is 8. The molecule has 3 aromatic heterocycles. The fourth-order valence-corrected chi connectivity index (χ4v) is 4.61. The highest BCUT2D eigenvalue weighted by Crippen LogP contribution is 2.29. The summed E-state index contributed by atoms with van der Waals surface area (Å²) in [6.07, 6.45) is 10.9. The molecule has 4 rings (SSSR count). The molecule has 0 aromatic carbocycles. The maximum absolute atomic E-state index is 11.9. The van der Waals surface area contributed by atoms with Crippen LogP contribution in [0.15, 0.2) is 53.8 Å². The number of pyridine rings is 1. The zero-order valence-corrected chi connectivity index (χ0v) is 23.9. The van der Waals surface area contributed by atoms with Crippen LogP contribution in [0.4, 0.5) is 4.79 Å². The van der Waals surface area contributed by atoms with Crippen molar-refractivity contribution in [2.75, 3.05) is 39.3 Å². The molecule has 40 heavy (non-hydrogen) atoms. The number of aliphatic imine (C=N–C) groups is 1. The molecular formula is C29H37N9O2. The van der Waals surface area contributed by atoms with Crippen LogP contribution in [0.2, 0.25) is 0 Å². The first-order chi connectivity index (χ1) is 19.1. The lowest BCUT2D eigenvalue weighted by molar-refractivity contribution is 0.0518. The number of alkyl carbamates (subject to hydrolysis) is 1. The van der Waals surface area contributed by atoms with Crippen LogP contribution in [-0.2, 0) is 11.8 Å². The van der Waals surface area contributed by atoms with E-state index in [1.54, 1.807) is 15.4 Å². The van der Waals surface area contributed by atoms with E-state index < -0.39 is 11.7 Å². The Morgan fingerprint density at radius 3 is 2.55 bits per heavy atom. The quantitative estimate of drug-likeness (QED) is 0.340. The second kappa shape index (κ2) is 12.2. The average Bonchev–Trinajstić information content (AvgIpc) is 3.54. The van der Waals surface area contributed by atoms with E-state index in [1.807, 2.05) is 65.5 Å². The van der Waals surface area contributed by atoms with Crippen LogP contribution in [0, 0.1) is 11.3 Å². The molecule has 3 aromatic rings. The van der Waals surface area contributed by atoms with Gasteiger partial charge in [0.05, 0.1) is 23.5 Å². The molecule has 1 amide bonds. The average molecular weight is 544 g/mol. The van der Waals surface area contributed by atoms with Gasteiger partial charge in [0.1, 0.15) is 17.5 Å². The fourth-order valence-electron chi connectivity index (χ4n) is 4.61. The second-order valence-corrected chi connectivity index (χ2v) is 10.8. The molecule has 0 unspecified atom stereocenters. The van der Waals surface area contributed by atoms with E-state index >= 15 is 0 Å². The van der Waals surface area contributed by atoms with Gasteiger partial charge in [-0.15, -0.1) is 0 Å². The smallest absolute Gasteiger partial charge is 0.407 e. The number of aryl methyl sites for hydroxylation is 1. The van der Waals surface area contributed by atoms with Crippen LogP contribution in [0.5, 0.6) is 0 Å². The third-order valence-corrected chi connectivity index (χ3v) is 6.63. The van der Waals surface area contributed by atoms with E-state index in [0.29, 0.717) is 12.1 Å². The molecule has 1 aliphatic heterocycles. The fraction of sp³-hybridized carbons (Fsp3) is 0.414. The zero-order valence-electron chi connectivity index (χ0n) is 23.9. The highest BCUT2D eigenvalue weighted by molar-refractivity contribution is 5.84. The number of rotatable bonds is 8. The molecule has 1 aliphatic rings. The Bertz CT molecular complexity index is 1480. The van der Waals surface area contributed by atoms with Crippen molar-refractivity contribution in [2.45, 2.75) is 33.3 Å². The topological polar surface area (TPSA) is 116 Å². The Kier molecular flexibility index (Phi) is 8.70. The maximum atomic E-state index is 11.9. The number of aromatic nitrogens is 4. The summed E-state index contributed by atoms with van der Waals surface area (Å²) in [5, 5.41) is 21.2. The Hall–Kier alpha value is -4.43. The molecule has 0 spiro atoms. The third-order valence-electron chi connectivity index (χ3n) is 6.63. The van der Waals surface area contributed by atoms with Gasteiger partial charge in [-0.2, -0.15) is 15.5 Å². The number of carbonyl (C=O) groups excluding carboxylic acids is 1. The Balaban J connectivity index is 1.45. The van der Waals surface area contributed by atoms with Crippen molar-refractivity contribution < 1.29 is 9.53 Å². The van der Waals surface area contributed by atoms with Gasteiger partial charge in [0.2, 0.25) is 0 Å². The summed E-state index contributed by atoms with van der Waals surface area (Å²) >= 11 is 0. The van der Waals surface area contributed by atoms with E-state index in [-0.39, 0.29) is 0 Å². The van der Waals surface area contributed by atoms with Crippen LogP contribution in [-0.4, -0.2) is 86.9 Å². The summed E-state index contributed by atoms with van der Waals surface area (Å²) in [5.74, 6) is 0.791. The first kappa shape index (κ1) is 28.6. The van der Waals surface area contributed by atoms with Crippen molar-refractivity contribution in [3.8, 4) is 17.2 Å². The first-order valence-electron chi connectivity index (χ1n) is 13.3. The minimum absolute atomic E-state index is 0.393. The highest BCUT2D eigenvalue weighted by atomic mass is 16.6. The minimum atomic E-state index is -0.506. The van der Waals surface area contributed by atoms with Crippen molar-refractivity contribution in [2.24, 2.45) is 12.0 Å². The van der Waals surface area contributed by atoms with Crippen LogP contribution in [0.25, 0.3) is 22.2 Å². The molecule has 1 fully saturated rings. The summed E-state index contributed by atoms with van der Waals surface area (Å²) in [7, 11) is 1.88. The van der Waals surface area contributed by atoms with Crippen molar-refractivity contribution in [1.82, 2.24) is 34.5 Å². The van der Waals surface area contributed by atoms with E-state index in [1.165, 1.54) is 0 Å². The monoisotopic (exact) mass is 543 g/mol. The van der Waals surface area contributed by atoms with E-state index in [2.05, 4.69) is 49.2 Å². The largest absolute Gasteiger partial charge is 0.444 e. The van der Waals surface area contributed by atoms with Crippen molar-refractivity contribution in [3.05, 3.63) is 60.0 Å². The highest BCUT2D eigenvalue weighted by Gasteiger charge is 2.20. The standard InChI is InChI=1S/C29H37N9O2/c1-21(25-15-22(24-18-33-35(6)19-24)20-38-27(25)23(16-30)17-34-38)7-8-26(31-5)37-13-11-36(12-14-37)10-9-32-28(39)40-29(2,3)4/h7-8,15,17-20H,5,9-14H2,1-4,6H3,(H,32,39)/b21-7+,26-8+. The molecule has 11 heteroatoms. The summed E-state index contributed by atoms with van der Waals surface area (Å²) in [5.41, 5.74) is 4.59. The second-order valence-electron chi connectivity index (χ2n) is 10.8. The Morgan fingerprint density at radius 2 is 1.93 bits per heavy atom. The molecule has 0 atom stereocenters. The van der Waals surface area contributed by atoms with E-state index in [0.717, 1.165) is 66.3 Å². The summed E-state index contributed by atoms with van der Waals surface area (Å²) in [4.78, 5) is 20.7. The number of fused-ring (bicyclic) bond motifs is 1. The predicted octanol–water partition coefficient (Wildman–Crippen LogP) is 3.69. The molecule has 4 heterocycles. The SMILES string of the molecule is C=N/C(=C\C=C(/C)c1cc(-c2cnn(C)c2)cn2ncc(C#N)c12)N1CCN(CCNC(=O)OC(C)(C)C)CC1. The van der Waals surface area contributed by atoms with Crippen LogP contribution in [0.3, 0.4) is 0 Å². The van der Waals surface area contributed by atoms with Gasteiger partial charge in [-0.05, 0) is 52.1 Å². The van der Waals surface area contributed by atoms with Crippen LogP contribution in [0.1, 0.15) is 38.8 Å². The van der Waals surface area contributed by atoms with Crippen LogP contribution >= 0.6 is 0 Å². The number of carbonyl (C=O) groups is 1. The Morgan fingerprint density at radius 1 is 1.18 bits per heavy atom. The van der Waals surface area contributed by atoms with Crippen molar-refractivity contribution in [1.29, 1.82) is 5.26 Å². The van der Waals surface area contributed by atoms with Gasteiger partial charge >= 0.3 is 6.09 Å². The summed E-state index contributed by atoms with van der Waals surface area (Å²) in [6.45, 7) is 15.9. The number of piperazine rings is 1. The molecule has 1 saturated heterocycles. The van der Waals surface area contributed by atoms with E-state index in [9.17, 15) is 10.1 Å². The molecular weight excluding hydrogens is 506 g/mol. The van der Waals surface area contributed by atoms with Crippen molar-refractivity contribution in [3.63, 3.8) is 0 Å². The summed E-state index contributed by atoms with van der Waals surface area (Å²) in [6, 6.07) is 4.33. The number of ether oxygens (including phenoxy) is 1. The van der Waals surface area contributed by atoms with Gasteiger partial charge in [0.25, 0.3) is 0 Å². The van der Waals surface area contributed by atoms with Gasteiger partial charge in [-0.3, -0.25) is 9.58 Å².